The molecular weight excluding hydrogens is 244 g/mol. The summed E-state index contributed by atoms with van der Waals surface area (Å²) in [6.07, 6.45) is 2.60. The van der Waals surface area contributed by atoms with Crippen molar-refractivity contribution < 1.29 is 14.3 Å². The first-order valence-corrected chi connectivity index (χ1v) is 6.46. The predicted molar refractivity (Wildman–Crippen MR) is 70.1 cm³/mol. The summed E-state index contributed by atoms with van der Waals surface area (Å²) < 4.78 is 5.12. The van der Waals surface area contributed by atoms with Gasteiger partial charge in [-0.1, -0.05) is 6.07 Å². The molecule has 100 valence electrons. The molecule has 0 spiro atoms. The lowest BCUT2D eigenvalue weighted by molar-refractivity contribution is -0.119. The third-order valence-corrected chi connectivity index (χ3v) is 3.66. The van der Waals surface area contributed by atoms with Gasteiger partial charge in [-0.15, -0.1) is 0 Å². The number of hydrogen-bond donors (Lipinski definition) is 1. The third kappa shape index (κ3) is 2.28. The number of benzene rings is 1. The van der Waals surface area contributed by atoms with Crippen LogP contribution in [-0.2, 0) is 4.79 Å². The van der Waals surface area contributed by atoms with E-state index in [4.69, 9.17) is 4.74 Å². The highest BCUT2D eigenvalue weighted by molar-refractivity contribution is 6.16. The van der Waals surface area contributed by atoms with E-state index in [2.05, 4.69) is 5.32 Å². The van der Waals surface area contributed by atoms with Gasteiger partial charge in [-0.25, -0.2) is 9.69 Å². The van der Waals surface area contributed by atoms with Crippen molar-refractivity contribution in [3.63, 3.8) is 0 Å². The monoisotopic (exact) mass is 260 g/mol. The Morgan fingerprint density at radius 3 is 2.74 bits per heavy atom. The minimum Gasteiger partial charge on any atom is -0.497 e. The smallest absolute Gasteiger partial charge is 0.328 e. The number of imide groups is 1. The van der Waals surface area contributed by atoms with E-state index in [0.29, 0.717) is 23.8 Å². The normalized spacial score (nSPS) is 23.2. The summed E-state index contributed by atoms with van der Waals surface area (Å²) in [6, 6.07) is 6.65. The standard InChI is InChI=1S/C14H16N2O3/c1-19-11-4-2-3-10(7-11)16-13(17)8-12(9-5-6-9)15-14(16)18/h2-4,7,9,12H,5-6,8H2,1H3,(H,15,18). The molecule has 3 amide bonds. The molecule has 1 atom stereocenters. The Balaban J connectivity index is 1.83. The molecule has 5 nitrogen and oxygen atoms in total. The van der Waals surface area contributed by atoms with Gasteiger partial charge in [0.25, 0.3) is 0 Å². The number of methoxy groups -OCH3 is 1. The zero-order valence-corrected chi connectivity index (χ0v) is 10.8. The minimum atomic E-state index is -0.332. The fourth-order valence-corrected chi connectivity index (χ4v) is 2.46. The van der Waals surface area contributed by atoms with Crippen LogP contribution in [0.15, 0.2) is 24.3 Å². The van der Waals surface area contributed by atoms with E-state index < -0.39 is 0 Å². The molecule has 1 N–H and O–H groups in total. The van der Waals surface area contributed by atoms with Gasteiger partial charge < -0.3 is 10.1 Å². The van der Waals surface area contributed by atoms with Crippen molar-refractivity contribution in [3.8, 4) is 5.75 Å². The zero-order chi connectivity index (χ0) is 13.4. The number of anilines is 1. The molecular formula is C14H16N2O3. The lowest BCUT2D eigenvalue weighted by Gasteiger charge is -2.31. The third-order valence-electron chi connectivity index (χ3n) is 3.66. The van der Waals surface area contributed by atoms with Gasteiger partial charge in [-0.2, -0.15) is 0 Å². The fourth-order valence-electron chi connectivity index (χ4n) is 2.46. The number of amides is 3. The number of urea groups is 1. The number of nitrogens with zero attached hydrogens (tertiary/aromatic N) is 1. The molecule has 1 saturated carbocycles. The molecule has 0 radical (unpaired) electrons. The van der Waals surface area contributed by atoms with Crippen molar-refractivity contribution in [2.75, 3.05) is 12.0 Å². The summed E-state index contributed by atoms with van der Waals surface area (Å²) in [4.78, 5) is 25.5. The van der Waals surface area contributed by atoms with Crippen LogP contribution in [0.3, 0.4) is 0 Å². The lowest BCUT2D eigenvalue weighted by Crippen LogP contribution is -2.55. The summed E-state index contributed by atoms with van der Waals surface area (Å²) in [6.45, 7) is 0. The summed E-state index contributed by atoms with van der Waals surface area (Å²) in [5, 5.41) is 2.92. The van der Waals surface area contributed by atoms with Crippen molar-refractivity contribution in [3.05, 3.63) is 24.3 Å². The molecule has 3 rings (SSSR count). The van der Waals surface area contributed by atoms with Gasteiger partial charge in [0.05, 0.1) is 12.8 Å². The number of carbonyl (C=O) groups excluding carboxylic acids is 2. The first-order valence-electron chi connectivity index (χ1n) is 6.46. The molecule has 1 aliphatic heterocycles. The maximum atomic E-state index is 12.2. The predicted octanol–water partition coefficient (Wildman–Crippen LogP) is 1.92. The van der Waals surface area contributed by atoms with Crippen LogP contribution in [0.1, 0.15) is 19.3 Å². The molecule has 19 heavy (non-hydrogen) atoms. The van der Waals surface area contributed by atoms with E-state index in [1.54, 1.807) is 31.4 Å². The van der Waals surface area contributed by atoms with E-state index in [0.717, 1.165) is 12.8 Å². The fraction of sp³-hybridized carbons (Fsp3) is 0.429. The van der Waals surface area contributed by atoms with Crippen LogP contribution < -0.4 is 15.0 Å². The minimum absolute atomic E-state index is 0.0156. The molecule has 2 fully saturated rings. The van der Waals surface area contributed by atoms with Gasteiger partial charge in [-0.3, -0.25) is 4.79 Å². The van der Waals surface area contributed by atoms with Crippen LogP contribution in [0, 0.1) is 5.92 Å². The van der Waals surface area contributed by atoms with Gasteiger partial charge in [0, 0.05) is 18.5 Å². The number of ether oxygens (including phenoxy) is 1. The maximum Gasteiger partial charge on any atom is 0.328 e. The Hall–Kier alpha value is -2.04. The summed E-state index contributed by atoms with van der Waals surface area (Å²) in [7, 11) is 1.56. The molecule has 2 aliphatic rings. The average Bonchev–Trinajstić information content (AvgIpc) is 3.22. The van der Waals surface area contributed by atoms with Crippen molar-refractivity contribution in [1.82, 2.24) is 5.32 Å². The van der Waals surface area contributed by atoms with Gasteiger partial charge in [0.15, 0.2) is 0 Å². The first-order chi connectivity index (χ1) is 9.19. The van der Waals surface area contributed by atoms with Gasteiger partial charge >= 0.3 is 6.03 Å². The Morgan fingerprint density at radius 2 is 2.11 bits per heavy atom. The van der Waals surface area contributed by atoms with Crippen LogP contribution in [-0.4, -0.2) is 25.1 Å². The number of carbonyl (C=O) groups is 2. The molecule has 1 unspecified atom stereocenters. The topological polar surface area (TPSA) is 58.6 Å². The average molecular weight is 260 g/mol. The van der Waals surface area contributed by atoms with Crippen molar-refractivity contribution in [1.29, 1.82) is 0 Å². The summed E-state index contributed by atoms with van der Waals surface area (Å²) >= 11 is 0. The summed E-state index contributed by atoms with van der Waals surface area (Å²) in [5.41, 5.74) is 0.552. The van der Waals surface area contributed by atoms with Crippen LogP contribution in [0.4, 0.5) is 10.5 Å². The Kier molecular flexibility index (Phi) is 2.89. The van der Waals surface area contributed by atoms with Crippen LogP contribution in [0.25, 0.3) is 0 Å². The number of rotatable bonds is 3. The van der Waals surface area contributed by atoms with Crippen molar-refractivity contribution in [2.45, 2.75) is 25.3 Å². The van der Waals surface area contributed by atoms with Gasteiger partial charge in [0.1, 0.15) is 5.75 Å². The molecule has 5 heteroatoms. The van der Waals surface area contributed by atoms with Crippen molar-refractivity contribution in [2.24, 2.45) is 5.92 Å². The number of nitrogens with one attached hydrogen (secondary N) is 1. The van der Waals surface area contributed by atoms with Crippen LogP contribution in [0.5, 0.6) is 5.75 Å². The maximum absolute atomic E-state index is 12.2. The Morgan fingerprint density at radius 1 is 1.32 bits per heavy atom. The highest BCUT2D eigenvalue weighted by atomic mass is 16.5. The van der Waals surface area contributed by atoms with E-state index >= 15 is 0 Å². The van der Waals surface area contributed by atoms with Crippen molar-refractivity contribution >= 4 is 17.6 Å². The molecule has 1 aromatic carbocycles. The van der Waals surface area contributed by atoms with Crippen LogP contribution in [0.2, 0.25) is 0 Å². The van der Waals surface area contributed by atoms with E-state index in [1.807, 2.05) is 0 Å². The zero-order valence-electron chi connectivity index (χ0n) is 10.8. The molecule has 1 heterocycles. The largest absolute Gasteiger partial charge is 0.497 e. The van der Waals surface area contributed by atoms with E-state index in [9.17, 15) is 9.59 Å². The van der Waals surface area contributed by atoms with Gasteiger partial charge in [-0.05, 0) is 30.9 Å². The second kappa shape index (κ2) is 4.57. The van der Waals surface area contributed by atoms with Gasteiger partial charge in [0.2, 0.25) is 5.91 Å². The highest BCUT2D eigenvalue weighted by Crippen LogP contribution is 2.36. The molecule has 1 aliphatic carbocycles. The molecule has 0 bridgehead atoms. The summed E-state index contributed by atoms with van der Waals surface area (Å²) in [5.74, 6) is 0.969. The Bertz CT molecular complexity index is 507. The molecule has 1 aromatic rings. The van der Waals surface area contributed by atoms with E-state index in [-0.39, 0.29) is 18.0 Å². The SMILES string of the molecule is COc1cccc(N2C(=O)CC(C3CC3)NC2=O)c1. The first kappa shape index (κ1) is 12.0. The highest BCUT2D eigenvalue weighted by Gasteiger charge is 2.40. The second-order valence-corrected chi connectivity index (χ2v) is 5.03. The molecule has 1 saturated heterocycles. The second-order valence-electron chi connectivity index (χ2n) is 5.03. The lowest BCUT2D eigenvalue weighted by atomic mass is 10.1. The molecule has 0 aromatic heterocycles. The number of hydrogen-bond acceptors (Lipinski definition) is 3. The quantitative estimate of drug-likeness (QED) is 0.903. The van der Waals surface area contributed by atoms with Crippen LogP contribution >= 0.6 is 0 Å². The Labute approximate surface area is 111 Å². The van der Waals surface area contributed by atoms with E-state index in [1.165, 1.54) is 4.90 Å².